The molecule has 0 bridgehead atoms. The molecule has 0 spiro atoms. The van der Waals surface area contributed by atoms with Crippen LogP contribution < -0.4 is 16.3 Å². The van der Waals surface area contributed by atoms with E-state index in [0.717, 1.165) is 25.1 Å². The molecule has 0 aliphatic carbocycles. The number of para-hydroxylation sites is 2. The molecule has 2 amide bonds. The lowest BCUT2D eigenvalue weighted by Crippen LogP contribution is -2.64. The monoisotopic (exact) mass is 625 g/mol. The number of benzene rings is 2. The first-order valence-corrected chi connectivity index (χ1v) is 15.8. The first-order chi connectivity index (χ1) is 20.4. The van der Waals surface area contributed by atoms with Crippen LogP contribution in [0, 0.1) is 0 Å². The zero-order chi connectivity index (χ0) is 32.4. The van der Waals surface area contributed by atoms with Crippen molar-refractivity contribution in [2.75, 3.05) is 17.7 Å². The van der Waals surface area contributed by atoms with Gasteiger partial charge in [0.05, 0.1) is 30.7 Å². The molecule has 234 valence electrons. The Balaban J connectivity index is 1.88. The Kier molecular flexibility index (Phi) is 7.19. The maximum Gasteiger partial charge on any atom is 0.424 e. The average molecular weight is 626 g/mol. The molecule has 1 atom stereocenters. The van der Waals surface area contributed by atoms with Crippen molar-refractivity contribution in [3.63, 3.8) is 0 Å². The molecule has 0 unspecified atom stereocenters. The Morgan fingerprint density at radius 1 is 0.886 bits per heavy atom. The molecule has 2 aliphatic heterocycles. The summed E-state index contributed by atoms with van der Waals surface area (Å²) in [6, 6.07) is 14.9. The van der Waals surface area contributed by atoms with Gasteiger partial charge in [-0.2, -0.15) is 8.99 Å². The minimum absolute atomic E-state index is 0.0766. The number of hydrogen-bond donors (Lipinski definition) is 0. The van der Waals surface area contributed by atoms with E-state index in [0.29, 0.717) is 21.1 Å². The highest BCUT2D eigenvalue weighted by molar-refractivity contribution is 7.88. The summed E-state index contributed by atoms with van der Waals surface area (Å²) in [4.78, 5) is 57.2. The van der Waals surface area contributed by atoms with Crippen LogP contribution in [0.1, 0.15) is 47.1 Å². The Bertz CT molecular complexity index is 1910. The van der Waals surface area contributed by atoms with E-state index in [1.165, 1.54) is 0 Å². The van der Waals surface area contributed by atoms with Crippen LogP contribution in [0.25, 0.3) is 11.3 Å². The summed E-state index contributed by atoms with van der Waals surface area (Å²) >= 11 is 0. The van der Waals surface area contributed by atoms with Crippen molar-refractivity contribution in [3.05, 3.63) is 87.2 Å². The van der Waals surface area contributed by atoms with Crippen molar-refractivity contribution in [3.8, 4) is 5.69 Å². The second kappa shape index (κ2) is 10.3. The number of anilines is 1. The highest BCUT2D eigenvalue weighted by atomic mass is 32.2. The van der Waals surface area contributed by atoms with Gasteiger partial charge in [-0.1, -0.05) is 42.5 Å². The van der Waals surface area contributed by atoms with Crippen LogP contribution in [0.4, 0.5) is 15.3 Å². The predicted molar refractivity (Wildman–Crippen MR) is 163 cm³/mol. The molecule has 5 rings (SSSR count). The molecule has 0 N–H and O–H groups in total. The van der Waals surface area contributed by atoms with Gasteiger partial charge in [0.2, 0.25) is 10.0 Å². The van der Waals surface area contributed by atoms with Gasteiger partial charge in [-0.05, 0) is 59.7 Å². The lowest BCUT2D eigenvalue weighted by atomic mass is 9.94. The van der Waals surface area contributed by atoms with Crippen LogP contribution in [0.2, 0.25) is 0 Å². The van der Waals surface area contributed by atoms with Crippen LogP contribution in [0.15, 0.2) is 70.3 Å². The van der Waals surface area contributed by atoms with Gasteiger partial charge in [0.15, 0.2) is 5.66 Å². The largest absolute Gasteiger partial charge is 0.443 e. The van der Waals surface area contributed by atoms with Gasteiger partial charge < -0.3 is 9.47 Å². The fourth-order valence-electron chi connectivity index (χ4n) is 5.50. The minimum atomic E-state index is -4.38. The number of fused-ring (bicyclic) bond motifs is 5. The highest BCUT2D eigenvalue weighted by Crippen LogP contribution is 2.52. The third-order valence-electron chi connectivity index (χ3n) is 7.03. The van der Waals surface area contributed by atoms with Gasteiger partial charge in [-0.25, -0.2) is 41.7 Å². The first kappa shape index (κ1) is 30.9. The minimum Gasteiger partial charge on any atom is -0.443 e. The second-order valence-corrected chi connectivity index (χ2v) is 14.6. The number of sulfonamides is 1. The summed E-state index contributed by atoms with van der Waals surface area (Å²) in [5, 5.41) is 0. The van der Waals surface area contributed by atoms with Crippen LogP contribution in [-0.4, -0.2) is 62.8 Å². The molecule has 3 aromatic rings. The van der Waals surface area contributed by atoms with Crippen molar-refractivity contribution in [1.29, 1.82) is 0 Å². The van der Waals surface area contributed by atoms with Gasteiger partial charge in [-0.15, -0.1) is 0 Å². The number of nitrogens with zero attached hydrogens (tertiary/aromatic N) is 5. The van der Waals surface area contributed by atoms with Crippen LogP contribution in [-0.2, 0) is 31.7 Å². The van der Waals surface area contributed by atoms with E-state index in [1.807, 2.05) is 0 Å². The number of allylic oxidation sites excluding steroid dienone is 1. The lowest BCUT2D eigenvalue weighted by molar-refractivity contribution is 0.0311. The molecular formula is C30H35N5O8S. The number of carbonyl (C=O) groups is 2. The van der Waals surface area contributed by atoms with E-state index in [-0.39, 0.29) is 12.2 Å². The summed E-state index contributed by atoms with van der Waals surface area (Å²) in [6.45, 7) is 8.84. The SMILES string of the molecule is CC(C)(C)OC(=O)N1c2ccccc2C2=CCn3c(=O)n(-c4ccccc4)c(=O)n3[C@@]21CN(C(=O)OC(C)(C)C)S(C)(=O)=O. The summed E-state index contributed by atoms with van der Waals surface area (Å²) in [6.07, 6.45) is 0.328. The van der Waals surface area contributed by atoms with Crippen molar-refractivity contribution < 1.29 is 27.5 Å². The molecule has 2 aromatic carbocycles. The summed E-state index contributed by atoms with van der Waals surface area (Å²) in [7, 11) is -4.38. The highest BCUT2D eigenvalue weighted by Gasteiger charge is 2.59. The van der Waals surface area contributed by atoms with Crippen LogP contribution in [0.3, 0.4) is 0 Å². The molecule has 3 heterocycles. The van der Waals surface area contributed by atoms with E-state index in [2.05, 4.69) is 0 Å². The zero-order valence-electron chi connectivity index (χ0n) is 25.6. The van der Waals surface area contributed by atoms with Crippen LogP contribution in [0.5, 0.6) is 0 Å². The Morgan fingerprint density at radius 3 is 2.07 bits per heavy atom. The molecule has 44 heavy (non-hydrogen) atoms. The third kappa shape index (κ3) is 5.12. The van der Waals surface area contributed by atoms with E-state index in [9.17, 15) is 27.6 Å². The first-order valence-electron chi connectivity index (χ1n) is 13.9. The molecule has 0 radical (unpaired) electrons. The number of amides is 2. The predicted octanol–water partition coefficient (Wildman–Crippen LogP) is 3.50. The van der Waals surface area contributed by atoms with E-state index in [4.69, 9.17) is 9.47 Å². The second-order valence-electron chi connectivity index (χ2n) is 12.6. The molecule has 0 saturated carbocycles. The van der Waals surface area contributed by atoms with Gasteiger partial charge in [0.25, 0.3) is 0 Å². The molecule has 2 aliphatic rings. The fraction of sp³-hybridized carbons (Fsp3) is 0.400. The molecule has 14 heteroatoms. The van der Waals surface area contributed by atoms with Gasteiger partial charge in [-0.3, -0.25) is 0 Å². The van der Waals surface area contributed by atoms with Crippen molar-refractivity contribution in [2.45, 2.75) is 65.0 Å². The summed E-state index contributed by atoms with van der Waals surface area (Å²) in [5.41, 5.74) is -4.35. The lowest BCUT2D eigenvalue weighted by Gasteiger charge is -2.44. The van der Waals surface area contributed by atoms with E-state index >= 15 is 0 Å². The molecule has 13 nitrogen and oxygen atoms in total. The third-order valence-corrected chi connectivity index (χ3v) is 8.11. The smallest absolute Gasteiger partial charge is 0.424 e. The quantitative estimate of drug-likeness (QED) is 0.429. The Hall–Kier alpha value is -4.59. The summed E-state index contributed by atoms with van der Waals surface area (Å²) < 4.78 is 41.5. The molecular weight excluding hydrogens is 590 g/mol. The molecule has 1 aromatic heterocycles. The number of carbonyl (C=O) groups excluding carboxylic acids is 2. The van der Waals surface area contributed by atoms with E-state index in [1.54, 1.807) is 102 Å². The normalized spacial score (nSPS) is 17.7. The van der Waals surface area contributed by atoms with Gasteiger partial charge in [0, 0.05) is 11.1 Å². The number of aromatic nitrogens is 3. The van der Waals surface area contributed by atoms with Gasteiger partial charge >= 0.3 is 23.6 Å². The Morgan fingerprint density at radius 2 is 1.48 bits per heavy atom. The Labute approximate surface area is 254 Å². The topological polar surface area (TPSA) is 142 Å². The number of rotatable bonds is 4. The summed E-state index contributed by atoms with van der Waals surface area (Å²) in [5.74, 6) is 0. The number of hydrogen-bond acceptors (Lipinski definition) is 8. The van der Waals surface area contributed by atoms with E-state index < -0.39 is 57.0 Å². The maximum atomic E-state index is 14.4. The molecule has 0 saturated heterocycles. The van der Waals surface area contributed by atoms with Gasteiger partial charge in [0.1, 0.15) is 11.2 Å². The maximum absolute atomic E-state index is 14.4. The fourth-order valence-corrected chi connectivity index (χ4v) is 6.22. The van der Waals surface area contributed by atoms with Crippen molar-refractivity contribution in [1.82, 2.24) is 18.2 Å². The van der Waals surface area contributed by atoms with Crippen molar-refractivity contribution >= 4 is 33.5 Å². The average Bonchev–Trinajstić information content (AvgIpc) is 3.33. The zero-order valence-corrected chi connectivity index (χ0v) is 26.4. The standard InChI is InChI=1S/C30H35N5O8S/c1-28(2,3)42-26(38)32(44(7,40)41)19-30-22(21-15-11-12-16-23(21)34(30)27(39)43-29(4,5)6)17-18-31-24(36)33(25(37)35(30)31)20-13-9-8-10-14-20/h8-17H,18-19H2,1-7H3/t30-/m0/s1. The van der Waals surface area contributed by atoms with Crippen molar-refractivity contribution in [2.24, 2.45) is 0 Å². The van der Waals surface area contributed by atoms with Crippen LogP contribution >= 0.6 is 0 Å². The molecule has 0 fully saturated rings. The number of ether oxygens (including phenoxy) is 2.